The Morgan fingerprint density at radius 1 is 0.933 bits per heavy atom. The van der Waals surface area contributed by atoms with Gasteiger partial charge >= 0.3 is 0 Å². The second-order valence-electron chi connectivity index (χ2n) is 8.44. The molecule has 1 unspecified atom stereocenters. The van der Waals surface area contributed by atoms with Gasteiger partial charge in [-0.1, -0.05) is 12.1 Å². The predicted molar refractivity (Wildman–Crippen MR) is 124 cm³/mol. The maximum atomic E-state index is 12.0. The molecule has 160 valence electrons. The second kappa shape index (κ2) is 9.07. The fraction of sp³-hybridized carbons (Fsp3) is 0.364. The molecule has 0 saturated heterocycles. The van der Waals surface area contributed by atoms with Crippen LogP contribution in [0.2, 0.25) is 0 Å². The molecule has 5 N–H and O–H groups in total. The standard InChI is InChI=1S/C13H19N3OS.C9H11N3/c1-9(16-18(17)13(2,3)4)10-5-6-12-11(7-10)8-14-15-12;1-6(10)7-2-3-9-8(4-7)5-11-12-9/h5-9,16H,1-4H3,(H,14,15);2-6H,10H2,1H3,(H,11,12)/t9-,18?;6-/m11/s1. The fourth-order valence-corrected chi connectivity index (χ4v) is 3.69. The predicted octanol–water partition coefficient (Wildman–Crippen LogP) is 4.26. The minimum atomic E-state index is -1.07. The van der Waals surface area contributed by atoms with Crippen LogP contribution < -0.4 is 10.5 Å². The molecule has 2 aromatic carbocycles. The lowest BCUT2D eigenvalue weighted by Gasteiger charge is -2.22. The Balaban J connectivity index is 0.000000184. The van der Waals surface area contributed by atoms with Crippen LogP contribution in [0.4, 0.5) is 0 Å². The van der Waals surface area contributed by atoms with Gasteiger partial charge in [0.15, 0.2) is 0 Å². The first-order valence-corrected chi connectivity index (χ1v) is 11.1. The molecular formula is C22H30N6OS. The summed E-state index contributed by atoms with van der Waals surface area (Å²) in [4.78, 5) is 0. The van der Waals surface area contributed by atoms with Gasteiger partial charge in [-0.3, -0.25) is 10.2 Å². The van der Waals surface area contributed by atoms with Gasteiger partial charge in [0.1, 0.15) is 0 Å². The number of nitrogens with one attached hydrogen (secondary N) is 3. The molecule has 3 atom stereocenters. The van der Waals surface area contributed by atoms with Crippen LogP contribution in [0.3, 0.4) is 0 Å². The Morgan fingerprint density at radius 3 is 1.93 bits per heavy atom. The van der Waals surface area contributed by atoms with Gasteiger partial charge in [-0.25, -0.2) is 8.93 Å². The van der Waals surface area contributed by atoms with Crippen molar-refractivity contribution in [1.82, 2.24) is 25.1 Å². The molecule has 30 heavy (non-hydrogen) atoms. The van der Waals surface area contributed by atoms with E-state index in [0.717, 1.165) is 32.9 Å². The van der Waals surface area contributed by atoms with E-state index >= 15 is 0 Å². The molecule has 0 aliphatic heterocycles. The quantitative estimate of drug-likeness (QED) is 0.390. The van der Waals surface area contributed by atoms with Gasteiger partial charge in [0.05, 0.1) is 39.2 Å². The molecule has 4 aromatic rings. The third-order valence-corrected chi connectivity index (χ3v) is 6.47. The van der Waals surface area contributed by atoms with Crippen LogP contribution in [-0.4, -0.2) is 29.4 Å². The Labute approximate surface area is 179 Å². The van der Waals surface area contributed by atoms with Crippen molar-refractivity contribution in [1.29, 1.82) is 0 Å². The number of hydrogen-bond donors (Lipinski definition) is 4. The van der Waals surface area contributed by atoms with E-state index in [1.165, 1.54) is 0 Å². The number of nitrogens with zero attached hydrogens (tertiary/aromatic N) is 2. The maximum absolute atomic E-state index is 12.0. The molecular weight excluding hydrogens is 396 g/mol. The van der Waals surface area contributed by atoms with Crippen LogP contribution in [0.1, 0.15) is 57.8 Å². The zero-order valence-electron chi connectivity index (χ0n) is 18.1. The number of aromatic amines is 2. The molecule has 0 fully saturated rings. The lowest BCUT2D eigenvalue weighted by molar-refractivity contribution is 0.616. The Morgan fingerprint density at radius 2 is 1.43 bits per heavy atom. The van der Waals surface area contributed by atoms with Crippen LogP contribution in [0.15, 0.2) is 48.8 Å². The van der Waals surface area contributed by atoms with E-state index < -0.39 is 11.0 Å². The first-order valence-electron chi connectivity index (χ1n) is 9.95. The highest BCUT2D eigenvalue weighted by Gasteiger charge is 2.21. The number of aromatic nitrogens is 4. The average molecular weight is 427 g/mol. The number of H-pyrrole nitrogens is 2. The minimum absolute atomic E-state index is 0.0457. The summed E-state index contributed by atoms with van der Waals surface area (Å²) >= 11 is 0. The summed E-state index contributed by atoms with van der Waals surface area (Å²) in [5.74, 6) is 0. The van der Waals surface area contributed by atoms with Crippen molar-refractivity contribution in [3.8, 4) is 0 Å². The molecule has 0 aliphatic rings. The van der Waals surface area contributed by atoms with E-state index in [4.69, 9.17) is 5.73 Å². The summed E-state index contributed by atoms with van der Waals surface area (Å²) in [5, 5.41) is 15.9. The zero-order chi connectivity index (χ0) is 21.9. The van der Waals surface area contributed by atoms with E-state index in [2.05, 4.69) is 37.2 Å². The highest BCUT2D eigenvalue weighted by molar-refractivity contribution is 7.84. The van der Waals surface area contributed by atoms with Gasteiger partial charge in [0, 0.05) is 22.9 Å². The Bertz CT molecular complexity index is 1140. The number of nitrogens with two attached hydrogens (primary N) is 1. The number of hydrogen-bond acceptors (Lipinski definition) is 4. The molecule has 0 bridgehead atoms. The minimum Gasteiger partial charge on any atom is -0.324 e. The third kappa shape index (κ3) is 5.33. The summed E-state index contributed by atoms with van der Waals surface area (Å²) in [6.45, 7) is 9.87. The summed E-state index contributed by atoms with van der Waals surface area (Å²) in [5.41, 5.74) is 10.1. The summed E-state index contributed by atoms with van der Waals surface area (Å²) in [6, 6.07) is 12.3. The molecule has 4 rings (SSSR count). The zero-order valence-corrected chi connectivity index (χ0v) is 18.9. The molecule has 0 radical (unpaired) electrons. The lowest BCUT2D eigenvalue weighted by atomic mass is 10.1. The van der Waals surface area contributed by atoms with Crippen molar-refractivity contribution in [2.24, 2.45) is 5.73 Å². The highest BCUT2D eigenvalue weighted by Crippen LogP contribution is 2.21. The lowest BCUT2D eigenvalue weighted by Crippen LogP contribution is -2.34. The van der Waals surface area contributed by atoms with Crippen molar-refractivity contribution in [3.05, 3.63) is 59.9 Å². The van der Waals surface area contributed by atoms with Crippen molar-refractivity contribution in [2.45, 2.75) is 51.4 Å². The van der Waals surface area contributed by atoms with Gasteiger partial charge in [0.25, 0.3) is 0 Å². The molecule has 0 saturated carbocycles. The smallest absolute Gasteiger partial charge is 0.0975 e. The van der Waals surface area contributed by atoms with Gasteiger partial charge in [0.2, 0.25) is 0 Å². The first-order chi connectivity index (χ1) is 14.1. The van der Waals surface area contributed by atoms with E-state index in [1.54, 1.807) is 12.4 Å². The normalized spacial score (nSPS) is 14.9. The van der Waals surface area contributed by atoms with Gasteiger partial charge in [-0.15, -0.1) is 0 Å². The first kappa shape index (κ1) is 22.1. The number of benzene rings is 2. The van der Waals surface area contributed by atoms with Crippen LogP contribution in [0, 0.1) is 0 Å². The molecule has 0 spiro atoms. The monoisotopic (exact) mass is 426 g/mol. The second-order valence-corrected chi connectivity index (χ2v) is 10.4. The van der Waals surface area contributed by atoms with Gasteiger partial charge < -0.3 is 5.73 Å². The van der Waals surface area contributed by atoms with Crippen molar-refractivity contribution in [3.63, 3.8) is 0 Å². The highest BCUT2D eigenvalue weighted by atomic mass is 32.2. The van der Waals surface area contributed by atoms with Crippen LogP contribution in [-0.2, 0) is 11.0 Å². The van der Waals surface area contributed by atoms with Crippen LogP contribution in [0.5, 0.6) is 0 Å². The summed E-state index contributed by atoms with van der Waals surface area (Å²) < 4.78 is 14.9. The third-order valence-electron chi connectivity index (χ3n) is 4.79. The molecule has 2 aromatic heterocycles. The van der Waals surface area contributed by atoms with E-state index in [-0.39, 0.29) is 16.8 Å². The molecule has 8 heteroatoms. The number of fused-ring (bicyclic) bond motifs is 2. The average Bonchev–Trinajstić information content (AvgIpc) is 3.35. The Hall–Kier alpha value is -2.55. The maximum Gasteiger partial charge on any atom is 0.0975 e. The van der Waals surface area contributed by atoms with E-state index in [1.807, 2.05) is 58.9 Å². The summed E-state index contributed by atoms with van der Waals surface area (Å²) in [6.07, 6.45) is 3.60. The summed E-state index contributed by atoms with van der Waals surface area (Å²) in [7, 11) is -1.07. The van der Waals surface area contributed by atoms with Crippen molar-refractivity contribution >= 4 is 32.8 Å². The topological polar surface area (TPSA) is 112 Å². The Kier molecular flexibility index (Phi) is 6.70. The van der Waals surface area contributed by atoms with Crippen molar-refractivity contribution in [2.75, 3.05) is 0 Å². The fourth-order valence-electron chi connectivity index (χ4n) is 2.88. The van der Waals surface area contributed by atoms with E-state index in [0.29, 0.717) is 0 Å². The SMILES string of the molecule is C[C@@H](N)c1ccc2[nH]ncc2c1.C[C@@H](NS(=O)C(C)(C)C)c1ccc2[nH]ncc2c1. The van der Waals surface area contributed by atoms with Crippen LogP contribution in [0.25, 0.3) is 21.8 Å². The van der Waals surface area contributed by atoms with E-state index in [9.17, 15) is 4.21 Å². The van der Waals surface area contributed by atoms with Gasteiger partial charge in [-0.2, -0.15) is 10.2 Å². The largest absolute Gasteiger partial charge is 0.324 e. The molecule has 2 heterocycles. The number of rotatable bonds is 4. The molecule has 7 nitrogen and oxygen atoms in total. The molecule has 0 aliphatic carbocycles. The van der Waals surface area contributed by atoms with Gasteiger partial charge in [-0.05, 0) is 70.0 Å². The molecule has 0 amide bonds. The van der Waals surface area contributed by atoms with Crippen LogP contribution >= 0.6 is 0 Å². The van der Waals surface area contributed by atoms with Crippen molar-refractivity contribution < 1.29 is 4.21 Å².